The molecule has 33 heavy (non-hydrogen) atoms. The van der Waals surface area contributed by atoms with Gasteiger partial charge in [-0.25, -0.2) is 4.39 Å². The predicted octanol–water partition coefficient (Wildman–Crippen LogP) is 4.76. The number of alkyl halides is 3. The smallest absolute Gasteiger partial charge is 0.336 e. The van der Waals surface area contributed by atoms with E-state index in [1.165, 1.54) is 28.9 Å². The van der Waals surface area contributed by atoms with Crippen LogP contribution in [0, 0.1) is 17.7 Å². The van der Waals surface area contributed by atoms with Gasteiger partial charge in [-0.2, -0.15) is 18.3 Å². The van der Waals surface area contributed by atoms with Gasteiger partial charge in [0.05, 0.1) is 18.8 Å². The van der Waals surface area contributed by atoms with Crippen molar-refractivity contribution in [3.63, 3.8) is 0 Å². The van der Waals surface area contributed by atoms with E-state index in [-0.39, 0.29) is 55.1 Å². The molecule has 1 saturated carbocycles. The number of nitrogens with zero attached hydrogens (tertiary/aromatic N) is 3. The van der Waals surface area contributed by atoms with Gasteiger partial charge >= 0.3 is 6.18 Å². The summed E-state index contributed by atoms with van der Waals surface area (Å²) >= 11 is 0. The maximum atomic E-state index is 13.6. The second-order valence-electron chi connectivity index (χ2n) is 9.15. The van der Waals surface area contributed by atoms with Crippen molar-refractivity contribution < 1.29 is 27.2 Å². The molecule has 0 N–H and O–H groups in total. The first-order chi connectivity index (χ1) is 15.6. The maximum Gasteiger partial charge on any atom is 0.435 e. The van der Waals surface area contributed by atoms with E-state index in [9.17, 15) is 27.2 Å². The topological polar surface area (TPSA) is 55.2 Å². The van der Waals surface area contributed by atoms with Crippen molar-refractivity contribution in [2.75, 3.05) is 6.54 Å². The minimum atomic E-state index is -4.58. The second kappa shape index (κ2) is 9.27. The number of fused-ring (bicyclic) bond motifs is 1. The van der Waals surface area contributed by atoms with Crippen LogP contribution in [0.4, 0.5) is 17.6 Å². The standard InChI is InChI=1S/C24H27F4N3O2/c1-15(32)18-6-2-16(3-7-18)12-22(33)30-11-10-20-21(14-30)31(29-23(20)24(26,27)28)13-17-4-8-19(25)9-5-17/h4-5,8-9,16,18H,2-3,6-7,10-14H2,1H3/t16-,18+. The number of ketones is 1. The lowest BCUT2D eigenvalue weighted by atomic mass is 9.79. The molecule has 1 amide bonds. The second-order valence-corrected chi connectivity index (χ2v) is 9.15. The predicted molar refractivity (Wildman–Crippen MR) is 113 cm³/mol. The number of halogens is 4. The summed E-state index contributed by atoms with van der Waals surface area (Å²) in [6.45, 7) is 1.96. The van der Waals surface area contributed by atoms with E-state index in [1.54, 1.807) is 11.8 Å². The molecule has 1 aromatic heterocycles. The van der Waals surface area contributed by atoms with Crippen molar-refractivity contribution in [3.8, 4) is 0 Å². The number of carbonyl (C=O) groups excluding carboxylic acids is 2. The lowest BCUT2D eigenvalue weighted by Crippen LogP contribution is -2.38. The van der Waals surface area contributed by atoms with Crippen LogP contribution in [0.1, 0.15) is 61.5 Å². The summed E-state index contributed by atoms with van der Waals surface area (Å²) in [5.41, 5.74) is 0.234. The van der Waals surface area contributed by atoms with Gasteiger partial charge < -0.3 is 4.90 Å². The Balaban J connectivity index is 1.49. The van der Waals surface area contributed by atoms with Crippen LogP contribution >= 0.6 is 0 Å². The lowest BCUT2D eigenvalue weighted by Gasteiger charge is -2.31. The molecular formula is C24H27F4N3O2. The largest absolute Gasteiger partial charge is 0.435 e. The molecule has 0 atom stereocenters. The monoisotopic (exact) mass is 465 g/mol. The molecule has 2 aromatic rings. The van der Waals surface area contributed by atoms with Crippen molar-refractivity contribution in [1.29, 1.82) is 0 Å². The van der Waals surface area contributed by atoms with E-state index < -0.39 is 17.7 Å². The zero-order valence-electron chi connectivity index (χ0n) is 18.5. The first-order valence-electron chi connectivity index (χ1n) is 11.3. The average molecular weight is 465 g/mol. The van der Waals surface area contributed by atoms with Crippen molar-refractivity contribution in [3.05, 3.63) is 52.6 Å². The highest BCUT2D eigenvalue weighted by Crippen LogP contribution is 2.36. The van der Waals surface area contributed by atoms with Crippen LogP contribution in [0.2, 0.25) is 0 Å². The van der Waals surface area contributed by atoms with Crippen LogP contribution in [-0.2, 0) is 35.3 Å². The molecule has 0 unspecified atom stereocenters. The fourth-order valence-electron chi connectivity index (χ4n) is 4.96. The lowest BCUT2D eigenvalue weighted by molar-refractivity contribution is -0.142. The van der Waals surface area contributed by atoms with E-state index in [0.717, 1.165) is 25.7 Å². The van der Waals surface area contributed by atoms with Gasteiger partial charge in [0.1, 0.15) is 11.6 Å². The van der Waals surface area contributed by atoms with E-state index >= 15 is 0 Å². The van der Waals surface area contributed by atoms with Gasteiger partial charge in [0.2, 0.25) is 5.91 Å². The van der Waals surface area contributed by atoms with Crippen molar-refractivity contribution in [2.24, 2.45) is 11.8 Å². The summed E-state index contributed by atoms with van der Waals surface area (Å²) < 4.78 is 55.3. The third-order valence-electron chi connectivity index (χ3n) is 6.89. The number of aromatic nitrogens is 2. The third-order valence-corrected chi connectivity index (χ3v) is 6.89. The Bertz CT molecular complexity index is 1020. The van der Waals surface area contributed by atoms with E-state index in [1.807, 2.05) is 0 Å². The van der Waals surface area contributed by atoms with Gasteiger partial charge in [-0.15, -0.1) is 0 Å². The summed E-state index contributed by atoms with van der Waals surface area (Å²) in [7, 11) is 0. The first-order valence-corrected chi connectivity index (χ1v) is 11.3. The number of benzene rings is 1. The van der Waals surface area contributed by atoms with Gasteiger partial charge in [-0.3, -0.25) is 14.3 Å². The number of Topliss-reactive ketones (excluding diaryl/α,β-unsaturated/α-hetero) is 1. The van der Waals surface area contributed by atoms with E-state index in [0.29, 0.717) is 17.7 Å². The molecule has 5 nitrogen and oxygen atoms in total. The molecule has 0 saturated heterocycles. The fourth-order valence-corrected chi connectivity index (χ4v) is 4.96. The number of hydrogen-bond acceptors (Lipinski definition) is 3. The zero-order chi connectivity index (χ0) is 23.8. The Hall–Kier alpha value is -2.71. The molecule has 1 aliphatic heterocycles. The van der Waals surface area contributed by atoms with Crippen molar-refractivity contribution in [2.45, 2.75) is 64.7 Å². The van der Waals surface area contributed by atoms with Crippen LogP contribution in [0.15, 0.2) is 24.3 Å². The number of amides is 1. The molecule has 1 aromatic carbocycles. The molecule has 1 aliphatic carbocycles. The highest BCUT2D eigenvalue weighted by molar-refractivity contribution is 5.78. The van der Waals surface area contributed by atoms with Crippen molar-refractivity contribution in [1.82, 2.24) is 14.7 Å². The summed E-state index contributed by atoms with van der Waals surface area (Å²) in [5.74, 6) is -0.0283. The number of hydrogen-bond donors (Lipinski definition) is 0. The normalized spacial score (nSPS) is 21.1. The highest BCUT2D eigenvalue weighted by atomic mass is 19.4. The van der Waals surface area contributed by atoms with Gasteiger partial charge in [-0.05, 0) is 62.6 Å². The molecule has 0 radical (unpaired) electrons. The quantitative estimate of drug-likeness (QED) is 0.599. The van der Waals surface area contributed by atoms with E-state index in [4.69, 9.17) is 0 Å². The average Bonchev–Trinajstić information content (AvgIpc) is 3.14. The molecule has 0 spiro atoms. The zero-order valence-corrected chi connectivity index (χ0v) is 18.5. The van der Waals surface area contributed by atoms with Gasteiger partial charge in [0.15, 0.2) is 5.69 Å². The summed E-state index contributed by atoms with van der Waals surface area (Å²) in [6.07, 6.45) is -0.937. The molecule has 9 heteroatoms. The molecule has 0 bridgehead atoms. The molecule has 178 valence electrons. The van der Waals surface area contributed by atoms with Crippen LogP contribution in [0.25, 0.3) is 0 Å². The number of carbonyl (C=O) groups is 2. The molecule has 2 aliphatic rings. The van der Waals surface area contributed by atoms with Crippen LogP contribution in [0.3, 0.4) is 0 Å². The molecular weight excluding hydrogens is 438 g/mol. The van der Waals surface area contributed by atoms with Gasteiger partial charge in [-0.1, -0.05) is 12.1 Å². The molecule has 4 rings (SSSR count). The summed E-state index contributed by atoms with van der Waals surface area (Å²) in [5, 5.41) is 3.84. The molecule has 1 fully saturated rings. The van der Waals surface area contributed by atoms with Crippen LogP contribution < -0.4 is 0 Å². The Morgan fingerprint density at radius 1 is 1.09 bits per heavy atom. The Labute approximate surface area is 189 Å². The SMILES string of the molecule is CC(=O)[C@H]1CC[C@@H](CC(=O)N2CCc3c(C(F)(F)F)nn(Cc4ccc(F)cc4)c3C2)CC1. The Morgan fingerprint density at radius 2 is 1.76 bits per heavy atom. The fraction of sp³-hybridized carbons (Fsp3) is 0.542. The minimum absolute atomic E-state index is 0.0653. The van der Waals surface area contributed by atoms with Crippen LogP contribution in [0.5, 0.6) is 0 Å². The Morgan fingerprint density at radius 3 is 2.36 bits per heavy atom. The first kappa shape index (κ1) is 23.4. The maximum absolute atomic E-state index is 13.6. The van der Waals surface area contributed by atoms with Crippen molar-refractivity contribution >= 4 is 11.7 Å². The van der Waals surface area contributed by atoms with Crippen LogP contribution in [-0.4, -0.2) is 32.9 Å². The summed E-state index contributed by atoms with van der Waals surface area (Å²) in [4.78, 5) is 26.1. The molecule has 2 heterocycles. The van der Waals surface area contributed by atoms with E-state index in [2.05, 4.69) is 5.10 Å². The summed E-state index contributed by atoms with van der Waals surface area (Å²) in [6, 6.07) is 5.54. The minimum Gasteiger partial charge on any atom is -0.336 e. The highest BCUT2D eigenvalue weighted by Gasteiger charge is 2.41. The third kappa shape index (κ3) is 5.28. The van der Waals surface area contributed by atoms with Gasteiger partial charge in [0, 0.05) is 24.4 Å². The number of rotatable bonds is 5. The van der Waals surface area contributed by atoms with Gasteiger partial charge in [0.25, 0.3) is 0 Å². The Kier molecular flexibility index (Phi) is 6.59.